The maximum atomic E-state index is 6.14. The van der Waals surface area contributed by atoms with Gasteiger partial charge < -0.3 is 0 Å². The van der Waals surface area contributed by atoms with E-state index in [1.807, 2.05) is 54.6 Å². The lowest BCUT2D eigenvalue weighted by Crippen LogP contribution is -2.03. The summed E-state index contributed by atoms with van der Waals surface area (Å²) >= 11 is 13.8. The molecule has 0 aliphatic heterocycles. The second-order valence-electron chi connectivity index (χ2n) is 6.27. The van der Waals surface area contributed by atoms with Gasteiger partial charge in [-0.15, -0.1) is 10.2 Å². The van der Waals surface area contributed by atoms with Crippen molar-refractivity contribution < 1.29 is 0 Å². The fraction of sp³-hybridized carbons (Fsp3) is 0.0909. The Morgan fingerprint density at radius 3 is 2.18 bits per heavy atom. The maximum Gasteiger partial charge on any atom is 0.196 e. The normalized spacial score (nSPS) is 10.9. The smallest absolute Gasteiger partial charge is 0.196 e. The molecule has 0 radical (unpaired) electrons. The number of aromatic nitrogens is 3. The van der Waals surface area contributed by atoms with Crippen molar-refractivity contribution in [3.8, 4) is 5.69 Å². The van der Waals surface area contributed by atoms with E-state index in [1.54, 1.807) is 11.8 Å². The average molecular weight is 426 g/mol. The van der Waals surface area contributed by atoms with Gasteiger partial charge in [-0.1, -0.05) is 89.6 Å². The lowest BCUT2D eigenvalue weighted by atomic mass is 10.1. The van der Waals surface area contributed by atoms with Crippen LogP contribution in [0, 0.1) is 0 Å². The van der Waals surface area contributed by atoms with E-state index in [4.69, 9.17) is 23.2 Å². The summed E-state index contributed by atoms with van der Waals surface area (Å²) in [5, 5.41) is 10.9. The monoisotopic (exact) mass is 425 g/mol. The molecule has 0 aliphatic rings. The standard InChI is InChI=1S/C22H17Cl2N3S/c23-19-12-11-17(13-20(19)24)15-28-22-26-25-21(14-16-7-3-1-4-8-16)27(22)18-9-5-2-6-10-18/h1-13H,14-15H2. The van der Waals surface area contributed by atoms with E-state index in [9.17, 15) is 0 Å². The van der Waals surface area contributed by atoms with Crippen molar-refractivity contribution in [2.24, 2.45) is 0 Å². The van der Waals surface area contributed by atoms with Crippen LogP contribution < -0.4 is 0 Å². The predicted molar refractivity (Wildman–Crippen MR) is 117 cm³/mol. The van der Waals surface area contributed by atoms with Gasteiger partial charge in [0.25, 0.3) is 0 Å². The lowest BCUT2D eigenvalue weighted by molar-refractivity contribution is 0.848. The van der Waals surface area contributed by atoms with Gasteiger partial charge in [0.15, 0.2) is 5.16 Å². The van der Waals surface area contributed by atoms with Crippen molar-refractivity contribution in [3.63, 3.8) is 0 Å². The first-order chi connectivity index (χ1) is 13.7. The Balaban J connectivity index is 1.64. The van der Waals surface area contributed by atoms with Gasteiger partial charge in [-0.25, -0.2) is 0 Å². The molecule has 0 bridgehead atoms. The fourth-order valence-corrected chi connectivity index (χ4v) is 4.13. The molecular weight excluding hydrogens is 409 g/mol. The van der Waals surface area contributed by atoms with Crippen LogP contribution in [0.3, 0.4) is 0 Å². The van der Waals surface area contributed by atoms with Gasteiger partial charge in [-0.05, 0) is 35.4 Å². The highest BCUT2D eigenvalue weighted by molar-refractivity contribution is 7.98. The molecule has 1 aromatic heterocycles. The van der Waals surface area contributed by atoms with Gasteiger partial charge >= 0.3 is 0 Å². The van der Waals surface area contributed by atoms with E-state index in [0.29, 0.717) is 10.0 Å². The zero-order valence-electron chi connectivity index (χ0n) is 14.9. The Kier molecular flexibility index (Phi) is 6.01. The van der Waals surface area contributed by atoms with Gasteiger partial charge in [-0.2, -0.15) is 0 Å². The van der Waals surface area contributed by atoms with Crippen LogP contribution in [0.1, 0.15) is 17.0 Å². The van der Waals surface area contributed by atoms with Crippen molar-refractivity contribution in [2.45, 2.75) is 17.3 Å². The molecule has 4 aromatic rings. The number of hydrogen-bond acceptors (Lipinski definition) is 3. The Labute approximate surface area is 178 Å². The molecule has 3 nitrogen and oxygen atoms in total. The molecule has 0 N–H and O–H groups in total. The summed E-state index contributed by atoms with van der Waals surface area (Å²) in [4.78, 5) is 0. The molecule has 3 aromatic carbocycles. The fourth-order valence-electron chi connectivity index (χ4n) is 2.90. The second-order valence-corrected chi connectivity index (χ2v) is 8.03. The first-order valence-electron chi connectivity index (χ1n) is 8.81. The lowest BCUT2D eigenvalue weighted by Gasteiger charge is -2.10. The predicted octanol–water partition coefficient (Wildman–Crippen LogP) is 6.46. The zero-order valence-corrected chi connectivity index (χ0v) is 17.3. The highest BCUT2D eigenvalue weighted by Crippen LogP contribution is 2.29. The Morgan fingerprint density at radius 1 is 0.750 bits per heavy atom. The Bertz CT molecular complexity index is 1070. The third kappa shape index (κ3) is 4.41. The molecule has 4 rings (SSSR count). The summed E-state index contributed by atoms with van der Waals surface area (Å²) in [5.74, 6) is 1.64. The molecule has 0 saturated heterocycles. The number of para-hydroxylation sites is 1. The minimum atomic E-state index is 0.563. The molecule has 0 atom stereocenters. The first-order valence-corrected chi connectivity index (χ1v) is 10.6. The van der Waals surface area contributed by atoms with E-state index in [-0.39, 0.29) is 0 Å². The number of benzene rings is 3. The van der Waals surface area contributed by atoms with E-state index < -0.39 is 0 Å². The van der Waals surface area contributed by atoms with Crippen molar-refractivity contribution >= 4 is 35.0 Å². The number of hydrogen-bond donors (Lipinski definition) is 0. The van der Waals surface area contributed by atoms with Gasteiger partial charge in [0.1, 0.15) is 5.82 Å². The van der Waals surface area contributed by atoms with Crippen LogP contribution in [-0.4, -0.2) is 14.8 Å². The molecule has 0 saturated carbocycles. The largest absolute Gasteiger partial charge is 0.274 e. The third-order valence-corrected chi connectivity index (χ3v) is 6.01. The Hall–Kier alpha value is -2.27. The molecule has 6 heteroatoms. The quantitative estimate of drug-likeness (QED) is 0.332. The van der Waals surface area contributed by atoms with Gasteiger partial charge in [0, 0.05) is 17.9 Å². The first kappa shape index (κ1) is 19.1. The summed E-state index contributed by atoms with van der Waals surface area (Å²) in [6, 6.07) is 26.2. The number of rotatable bonds is 6. The second kappa shape index (κ2) is 8.82. The SMILES string of the molecule is Clc1ccc(CSc2nnc(Cc3ccccc3)n2-c2ccccc2)cc1Cl. The highest BCUT2D eigenvalue weighted by Gasteiger charge is 2.15. The van der Waals surface area contributed by atoms with Crippen molar-refractivity contribution in [1.82, 2.24) is 14.8 Å². The third-order valence-electron chi connectivity index (χ3n) is 4.27. The number of halogens is 2. The summed E-state index contributed by atoms with van der Waals surface area (Å²) in [6.07, 6.45) is 0.718. The molecular formula is C22H17Cl2N3S. The average Bonchev–Trinajstić information content (AvgIpc) is 3.12. The van der Waals surface area contributed by atoms with Crippen LogP contribution >= 0.6 is 35.0 Å². The topological polar surface area (TPSA) is 30.7 Å². The van der Waals surface area contributed by atoms with E-state index in [2.05, 4.69) is 39.0 Å². The summed E-state index contributed by atoms with van der Waals surface area (Å²) in [6.45, 7) is 0. The van der Waals surface area contributed by atoms with Crippen molar-refractivity contribution in [1.29, 1.82) is 0 Å². The molecule has 140 valence electrons. The molecule has 0 amide bonds. The summed E-state index contributed by atoms with van der Waals surface area (Å²) in [7, 11) is 0. The van der Waals surface area contributed by atoms with Crippen LogP contribution in [0.2, 0.25) is 10.0 Å². The van der Waals surface area contributed by atoms with Crippen LogP contribution in [0.5, 0.6) is 0 Å². The maximum absolute atomic E-state index is 6.14. The molecule has 0 aliphatic carbocycles. The highest BCUT2D eigenvalue weighted by atomic mass is 35.5. The molecule has 0 fully saturated rings. The number of nitrogens with zero attached hydrogens (tertiary/aromatic N) is 3. The molecule has 0 spiro atoms. The van der Waals surface area contributed by atoms with Crippen LogP contribution in [0.25, 0.3) is 5.69 Å². The molecule has 0 unspecified atom stereocenters. The van der Waals surface area contributed by atoms with Crippen molar-refractivity contribution in [2.75, 3.05) is 0 Å². The van der Waals surface area contributed by atoms with Crippen LogP contribution in [0.4, 0.5) is 0 Å². The van der Waals surface area contributed by atoms with E-state index in [1.165, 1.54) is 5.56 Å². The summed E-state index contributed by atoms with van der Waals surface area (Å²) in [5.41, 5.74) is 3.34. The zero-order chi connectivity index (χ0) is 19.3. The van der Waals surface area contributed by atoms with Gasteiger partial charge in [0.2, 0.25) is 0 Å². The molecule has 28 heavy (non-hydrogen) atoms. The van der Waals surface area contributed by atoms with E-state index >= 15 is 0 Å². The number of thioether (sulfide) groups is 1. The van der Waals surface area contributed by atoms with Crippen molar-refractivity contribution in [3.05, 3.63) is 106 Å². The Morgan fingerprint density at radius 2 is 1.46 bits per heavy atom. The van der Waals surface area contributed by atoms with Gasteiger partial charge in [0.05, 0.1) is 10.0 Å². The van der Waals surface area contributed by atoms with Gasteiger partial charge in [-0.3, -0.25) is 4.57 Å². The minimum absolute atomic E-state index is 0.563. The molecule has 1 heterocycles. The van der Waals surface area contributed by atoms with E-state index in [0.717, 1.165) is 34.4 Å². The van der Waals surface area contributed by atoms with Crippen LogP contribution in [-0.2, 0) is 12.2 Å². The van der Waals surface area contributed by atoms with Crippen LogP contribution in [0.15, 0.2) is 84.0 Å². The minimum Gasteiger partial charge on any atom is -0.274 e. The summed E-state index contributed by atoms with van der Waals surface area (Å²) < 4.78 is 2.12.